The van der Waals surface area contributed by atoms with Crippen molar-refractivity contribution in [3.8, 4) is 11.5 Å². The second kappa shape index (κ2) is 6.21. The molecule has 0 heterocycles. The number of nitrogens with zero attached hydrogens (tertiary/aromatic N) is 1. The maximum atomic E-state index is 11.8. The van der Waals surface area contributed by atoms with Crippen LogP contribution in [0.2, 0.25) is 0 Å². The molecule has 1 amide bonds. The van der Waals surface area contributed by atoms with Crippen LogP contribution in [0.4, 0.5) is 0 Å². The van der Waals surface area contributed by atoms with Gasteiger partial charge in [-0.2, -0.15) is 5.10 Å². The second-order valence-electron chi connectivity index (χ2n) is 3.89. The second-order valence-corrected chi connectivity index (χ2v) is 4.74. The number of aromatic hydroxyl groups is 2. The number of nitrogens with one attached hydrogen (secondary N) is 1. The van der Waals surface area contributed by atoms with Crippen molar-refractivity contribution in [1.82, 2.24) is 5.43 Å². The lowest BCUT2D eigenvalue weighted by Crippen LogP contribution is -2.17. The zero-order valence-corrected chi connectivity index (χ0v) is 11.8. The Hall–Kier alpha value is -2.34. The maximum Gasteiger partial charge on any atom is 0.275 e. The lowest BCUT2D eigenvalue weighted by molar-refractivity contribution is 0.0952. The molecule has 0 unspecified atom stereocenters. The van der Waals surface area contributed by atoms with E-state index in [-0.39, 0.29) is 17.1 Å². The number of amides is 1. The van der Waals surface area contributed by atoms with Gasteiger partial charge in [0.2, 0.25) is 0 Å². The minimum Gasteiger partial charge on any atom is -0.507 e. The van der Waals surface area contributed by atoms with Crippen molar-refractivity contribution in [3.63, 3.8) is 0 Å². The molecule has 0 aliphatic carbocycles. The van der Waals surface area contributed by atoms with E-state index in [1.54, 1.807) is 24.3 Å². The van der Waals surface area contributed by atoms with E-state index in [1.165, 1.54) is 24.4 Å². The quantitative estimate of drug-likeness (QED) is 0.596. The summed E-state index contributed by atoms with van der Waals surface area (Å²) in [6.07, 6.45) is 1.32. The van der Waals surface area contributed by atoms with Crippen molar-refractivity contribution in [2.45, 2.75) is 0 Å². The summed E-state index contributed by atoms with van der Waals surface area (Å²) >= 11 is 3.27. The lowest BCUT2D eigenvalue weighted by Gasteiger charge is -2.03. The fraction of sp³-hybridized carbons (Fsp3) is 0. The SMILES string of the molecule is O=C(N/N=C/c1c(O)cccc1Br)c1ccccc1O. The summed E-state index contributed by atoms with van der Waals surface area (Å²) in [4.78, 5) is 11.8. The molecule has 102 valence electrons. The highest BCUT2D eigenvalue weighted by atomic mass is 79.9. The molecule has 6 heteroatoms. The number of hydrogen-bond donors (Lipinski definition) is 3. The van der Waals surface area contributed by atoms with Gasteiger partial charge in [0.05, 0.1) is 17.3 Å². The molecule has 3 N–H and O–H groups in total. The van der Waals surface area contributed by atoms with E-state index < -0.39 is 5.91 Å². The minimum atomic E-state index is -0.536. The zero-order chi connectivity index (χ0) is 14.5. The smallest absolute Gasteiger partial charge is 0.275 e. The fourth-order valence-electron chi connectivity index (χ4n) is 1.53. The molecular weight excluding hydrogens is 324 g/mol. The number of carbonyl (C=O) groups excluding carboxylic acids is 1. The number of para-hydroxylation sites is 1. The van der Waals surface area contributed by atoms with Crippen LogP contribution in [-0.4, -0.2) is 22.3 Å². The summed E-state index contributed by atoms with van der Waals surface area (Å²) in [5.74, 6) is -0.616. The summed E-state index contributed by atoms with van der Waals surface area (Å²) < 4.78 is 0.651. The Bertz CT molecular complexity index is 651. The van der Waals surface area contributed by atoms with Crippen LogP contribution in [0.5, 0.6) is 11.5 Å². The molecule has 0 radical (unpaired) electrons. The van der Waals surface area contributed by atoms with Crippen LogP contribution in [0.25, 0.3) is 0 Å². The Morgan fingerprint density at radius 3 is 2.50 bits per heavy atom. The van der Waals surface area contributed by atoms with E-state index in [4.69, 9.17) is 0 Å². The molecule has 0 spiro atoms. The highest BCUT2D eigenvalue weighted by Gasteiger charge is 2.09. The third kappa shape index (κ3) is 3.16. The predicted molar refractivity (Wildman–Crippen MR) is 79.0 cm³/mol. The molecule has 0 saturated carbocycles. The van der Waals surface area contributed by atoms with Crippen LogP contribution < -0.4 is 5.43 Å². The van der Waals surface area contributed by atoms with E-state index in [2.05, 4.69) is 26.5 Å². The van der Waals surface area contributed by atoms with Gasteiger partial charge in [0.25, 0.3) is 5.91 Å². The Labute approximate surface area is 123 Å². The number of carbonyl (C=O) groups is 1. The number of rotatable bonds is 3. The molecule has 0 atom stereocenters. The Morgan fingerprint density at radius 2 is 1.80 bits per heavy atom. The van der Waals surface area contributed by atoms with Crippen LogP contribution in [0.15, 0.2) is 52.0 Å². The van der Waals surface area contributed by atoms with Crippen molar-refractivity contribution < 1.29 is 15.0 Å². The van der Waals surface area contributed by atoms with E-state index in [0.717, 1.165) is 0 Å². The number of halogens is 1. The maximum absolute atomic E-state index is 11.8. The lowest BCUT2D eigenvalue weighted by atomic mass is 10.2. The molecule has 0 fully saturated rings. The summed E-state index contributed by atoms with van der Waals surface area (Å²) in [5.41, 5.74) is 2.86. The van der Waals surface area contributed by atoms with E-state index >= 15 is 0 Å². The number of phenolic OH excluding ortho intramolecular Hbond substituents is 2. The van der Waals surface area contributed by atoms with Crippen molar-refractivity contribution >= 4 is 28.1 Å². The van der Waals surface area contributed by atoms with E-state index in [1.807, 2.05) is 0 Å². The van der Waals surface area contributed by atoms with Gasteiger partial charge in [-0.3, -0.25) is 4.79 Å². The molecule has 2 aromatic carbocycles. The van der Waals surface area contributed by atoms with Crippen molar-refractivity contribution in [2.24, 2.45) is 5.10 Å². The third-order valence-corrected chi connectivity index (χ3v) is 3.23. The molecule has 0 aliphatic heterocycles. The van der Waals surface area contributed by atoms with Crippen molar-refractivity contribution in [2.75, 3.05) is 0 Å². The first-order chi connectivity index (χ1) is 9.59. The molecule has 0 saturated heterocycles. The Morgan fingerprint density at radius 1 is 1.10 bits per heavy atom. The number of hydrogen-bond acceptors (Lipinski definition) is 4. The average molecular weight is 335 g/mol. The fourth-order valence-corrected chi connectivity index (χ4v) is 1.99. The first kappa shape index (κ1) is 14.1. The molecule has 5 nitrogen and oxygen atoms in total. The van der Waals surface area contributed by atoms with Crippen LogP contribution in [0.1, 0.15) is 15.9 Å². The monoisotopic (exact) mass is 334 g/mol. The van der Waals surface area contributed by atoms with Gasteiger partial charge in [0.15, 0.2) is 0 Å². The van der Waals surface area contributed by atoms with Crippen LogP contribution >= 0.6 is 15.9 Å². The molecule has 0 aromatic heterocycles. The minimum absolute atomic E-state index is 0.0416. The van der Waals surface area contributed by atoms with Crippen LogP contribution in [-0.2, 0) is 0 Å². The first-order valence-corrected chi connectivity index (χ1v) is 6.48. The molecule has 0 bridgehead atoms. The van der Waals surface area contributed by atoms with Crippen LogP contribution in [0.3, 0.4) is 0 Å². The van der Waals surface area contributed by atoms with Crippen LogP contribution in [0, 0.1) is 0 Å². The number of phenols is 2. The Kier molecular flexibility index (Phi) is 4.37. The van der Waals surface area contributed by atoms with Crippen molar-refractivity contribution in [3.05, 3.63) is 58.1 Å². The molecular formula is C14H11BrN2O3. The third-order valence-electron chi connectivity index (χ3n) is 2.54. The van der Waals surface area contributed by atoms with Gasteiger partial charge in [-0.15, -0.1) is 0 Å². The summed E-state index contributed by atoms with van der Waals surface area (Å²) in [5, 5.41) is 22.9. The highest BCUT2D eigenvalue weighted by Crippen LogP contribution is 2.23. The topological polar surface area (TPSA) is 81.9 Å². The van der Waals surface area contributed by atoms with Gasteiger partial charge in [0, 0.05) is 4.47 Å². The summed E-state index contributed by atoms with van der Waals surface area (Å²) in [7, 11) is 0. The van der Waals surface area contributed by atoms with Crippen molar-refractivity contribution in [1.29, 1.82) is 0 Å². The number of hydrazone groups is 1. The highest BCUT2D eigenvalue weighted by molar-refractivity contribution is 9.10. The molecule has 2 aromatic rings. The van der Waals surface area contributed by atoms with E-state index in [0.29, 0.717) is 10.0 Å². The first-order valence-electron chi connectivity index (χ1n) is 5.68. The zero-order valence-electron chi connectivity index (χ0n) is 10.2. The van der Waals surface area contributed by atoms with Gasteiger partial charge in [-0.1, -0.05) is 18.2 Å². The molecule has 0 aliphatic rings. The van der Waals surface area contributed by atoms with Gasteiger partial charge in [-0.05, 0) is 40.2 Å². The summed E-state index contributed by atoms with van der Waals surface area (Å²) in [6.45, 7) is 0. The average Bonchev–Trinajstić information content (AvgIpc) is 2.42. The summed E-state index contributed by atoms with van der Waals surface area (Å²) in [6, 6.07) is 11.1. The standard InChI is InChI=1S/C14H11BrN2O3/c15-11-5-3-7-13(19)10(11)8-16-17-14(20)9-4-1-2-6-12(9)18/h1-8,18-19H,(H,17,20)/b16-8+. The predicted octanol–water partition coefficient (Wildman–Crippen LogP) is 2.62. The van der Waals surface area contributed by atoms with Gasteiger partial charge in [-0.25, -0.2) is 5.43 Å². The number of benzene rings is 2. The largest absolute Gasteiger partial charge is 0.507 e. The van der Waals surface area contributed by atoms with E-state index in [9.17, 15) is 15.0 Å². The van der Waals surface area contributed by atoms with Gasteiger partial charge in [0.1, 0.15) is 11.5 Å². The normalized spacial score (nSPS) is 10.7. The molecule has 20 heavy (non-hydrogen) atoms. The van der Waals surface area contributed by atoms with Gasteiger partial charge >= 0.3 is 0 Å². The van der Waals surface area contributed by atoms with Gasteiger partial charge < -0.3 is 10.2 Å². The molecule has 2 rings (SSSR count). The Balaban J connectivity index is 2.11.